The average molecular weight is 403 g/mol. The topological polar surface area (TPSA) is 52.1 Å². The molecule has 3 aromatic rings. The number of carbonyl (C=O) groups excluding carboxylic acids is 1. The summed E-state index contributed by atoms with van der Waals surface area (Å²) in [5, 5.41) is 0. The van der Waals surface area contributed by atoms with Gasteiger partial charge < -0.3 is 4.74 Å². The van der Waals surface area contributed by atoms with Crippen LogP contribution in [0.4, 0.5) is 0 Å². The maximum Gasteiger partial charge on any atom is 0.305 e. The van der Waals surface area contributed by atoms with E-state index in [-0.39, 0.29) is 11.4 Å². The molecule has 1 unspecified atom stereocenters. The molecule has 0 bridgehead atoms. The van der Waals surface area contributed by atoms with Gasteiger partial charge in [0.15, 0.2) is 0 Å². The summed E-state index contributed by atoms with van der Waals surface area (Å²) >= 11 is 0. The van der Waals surface area contributed by atoms with E-state index in [1.165, 1.54) is 16.7 Å². The smallest absolute Gasteiger partial charge is 0.305 e. The first-order valence-electron chi connectivity index (χ1n) is 11.0. The van der Waals surface area contributed by atoms with Crippen molar-refractivity contribution in [3.8, 4) is 11.3 Å². The van der Waals surface area contributed by atoms with Crippen LogP contribution in [0.2, 0.25) is 0 Å². The Kier molecular flexibility index (Phi) is 5.59. The number of carbonyl (C=O) groups is 1. The fourth-order valence-electron chi connectivity index (χ4n) is 4.73. The van der Waals surface area contributed by atoms with Crippen LogP contribution in [0.25, 0.3) is 22.3 Å². The van der Waals surface area contributed by atoms with Gasteiger partial charge in [-0.05, 0) is 62.4 Å². The third-order valence-electron chi connectivity index (χ3n) is 6.45. The van der Waals surface area contributed by atoms with Gasteiger partial charge in [0.05, 0.1) is 29.0 Å². The molecule has 30 heavy (non-hydrogen) atoms. The lowest BCUT2D eigenvalue weighted by Crippen LogP contribution is -2.28. The number of aryl methyl sites for hydroxylation is 2. The molecule has 1 heterocycles. The maximum absolute atomic E-state index is 12.3. The van der Waals surface area contributed by atoms with Crippen LogP contribution in [-0.4, -0.2) is 22.5 Å². The van der Waals surface area contributed by atoms with Crippen molar-refractivity contribution in [3.05, 3.63) is 58.8 Å². The second-order valence-electron chi connectivity index (χ2n) is 8.38. The monoisotopic (exact) mass is 402 g/mol. The van der Waals surface area contributed by atoms with Crippen LogP contribution in [-0.2, 0) is 14.9 Å². The quantitative estimate of drug-likeness (QED) is 0.452. The number of unbranched alkanes of at least 4 members (excludes halogenated alkanes) is 1. The number of rotatable bonds is 7. The van der Waals surface area contributed by atoms with Gasteiger partial charge >= 0.3 is 5.97 Å². The van der Waals surface area contributed by atoms with Gasteiger partial charge in [-0.25, -0.2) is 9.97 Å². The summed E-state index contributed by atoms with van der Waals surface area (Å²) in [7, 11) is 0. The van der Waals surface area contributed by atoms with E-state index in [1.807, 2.05) is 6.92 Å². The minimum Gasteiger partial charge on any atom is -0.466 e. The van der Waals surface area contributed by atoms with Crippen molar-refractivity contribution in [2.24, 2.45) is 0 Å². The van der Waals surface area contributed by atoms with Crippen molar-refractivity contribution >= 4 is 17.0 Å². The minimum absolute atomic E-state index is 0.139. The summed E-state index contributed by atoms with van der Waals surface area (Å²) in [5.41, 5.74) is 8.42. The number of benzene rings is 2. The van der Waals surface area contributed by atoms with Crippen molar-refractivity contribution in [1.82, 2.24) is 9.97 Å². The molecule has 1 atom stereocenters. The molecule has 4 heteroatoms. The van der Waals surface area contributed by atoms with E-state index in [4.69, 9.17) is 14.7 Å². The average Bonchev–Trinajstić information content (AvgIpc) is 3.00. The van der Waals surface area contributed by atoms with Gasteiger partial charge in [-0.15, -0.1) is 0 Å². The van der Waals surface area contributed by atoms with E-state index >= 15 is 0 Å². The Morgan fingerprint density at radius 3 is 2.40 bits per heavy atom. The molecule has 1 aliphatic carbocycles. The molecule has 0 amide bonds. The summed E-state index contributed by atoms with van der Waals surface area (Å²) in [6.07, 6.45) is 4.21. The van der Waals surface area contributed by atoms with Gasteiger partial charge in [0, 0.05) is 17.4 Å². The van der Waals surface area contributed by atoms with Crippen LogP contribution in [0.1, 0.15) is 68.3 Å². The zero-order valence-electron chi connectivity index (χ0n) is 18.4. The van der Waals surface area contributed by atoms with Crippen molar-refractivity contribution in [2.75, 3.05) is 6.61 Å². The van der Waals surface area contributed by atoms with E-state index < -0.39 is 0 Å². The number of aromatic nitrogens is 2. The third-order valence-corrected chi connectivity index (χ3v) is 6.45. The third kappa shape index (κ3) is 3.38. The van der Waals surface area contributed by atoms with Gasteiger partial charge in [0.2, 0.25) is 0 Å². The standard InChI is InChI=1S/C26H30N2O2/c1-5-7-13-26(14-12-23(29)30-6-2)20-11-9-8-10-19(20)24-25(26)28-22-16-18(4)17(3)15-21(22)27-24/h8-11,15-16H,5-7,12-14H2,1-4H3. The van der Waals surface area contributed by atoms with Crippen LogP contribution in [0.3, 0.4) is 0 Å². The number of fused-ring (bicyclic) bond motifs is 4. The van der Waals surface area contributed by atoms with Crippen LogP contribution >= 0.6 is 0 Å². The normalized spacial score (nSPS) is 17.1. The summed E-state index contributed by atoms with van der Waals surface area (Å²) < 4.78 is 5.25. The molecule has 2 aromatic carbocycles. The molecule has 156 valence electrons. The molecule has 0 saturated heterocycles. The molecule has 1 aliphatic rings. The second kappa shape index (κ2) is 8.17. The molecule has 0 N–H and O–H groups in total. The number of hydrogen-bond acceptors (Lipinski definition) is 4. The molecule has 0 radical (unpaired) electrons. The molecule has 4 nitrogen and oxygen atoms in total. The lowest BCUT2D eigenvalue weighted by atomic mass is 9.73. The largest absolute Gasteiger partial charge is 0.466 e. The minimum atomic E-state index is -0.297. The van der Waals surface area contributed by atoms with Gasteiger partial charge in [-0.1, -0.05) is 44.0 Å². The second-order valence-corrected chi connectivity index (χ2v) is 8.38. The highest BCUT2D eigenvalue weighted by Crippen LogP contribution is 2.52. The van der Waals surface area contributed by atoms with E-state index in [2.05, 4.69) is 57.2 Å². The Hall–Kier alpha value is -2.75. The Morgan fingerprint density at radius 2 is 1.70 bits per heavy atom. The van der Waals surface area contributed by atoms with Crippen LogP contribution < -0.4 is 0 Å². The molecule has 0 spiro atoms. The number of hydrogen-bond donors (Lipinski definition) is 0. The number of ether oxygens (including phenoxy) is 1. The summed E-state index contributed by atoms with van der Waals surface area (Å²) in [5.74, 6) is -0.139. The van der Waals surface area contributed by atoms with Crippen LogP contribution in [0.15, 0.2) is 36.4 Å². The molecule has 1 aromatic heterocycles. The number of esters is 1. The van der Waals surface area contributed by atoms with Gasteiger partial charge in [0.1, 0.15) is 0 Å². The van der Waals surface area contributed by atoms with Gasteiger partial charge in [-0.2, -0.15) is 0 Å². The predicted molar refractivity (Wildman–Crippen MR) is 121 cm³/mol. The highest BCUT2D eigenvalue weighted by molar-refractivity contribution is 5.85. The molecular weight excluding hydrogens is 372 g/mol. The first-order valence-corrected chi connectivity index (χ1v) is 11.0. The number of nitrogens with zero attached hydrogens (tertiary/aromatic N) is 2. The van der Waals surface area contributed by atoms with E-state index in [9.17, 15) is 4.79 Å². The van der Waals surface area contributed by atoms with Crippen molar-refractivity contribution in [3.63, 3.8) is 0 Å². The summed E-state index contributed by atoms with van der Waals surface area (Å²) in [6.45, 7) is 8.70. The van der Waals surface area contributed by atoms with Crippen LogP contribution in [0, 0.1) is 13.8 Å². The van der Waals surface area contributed by atoms with E-state index in [0.29, 0.717) is 19.4 Å². The lowest BCUT2D eigenvalue weighted by molar-refractivity contribution is -0.143. The highest BCUT2D eigenvalue weighted by atomic mass is 16.5. The zero-order chi connectivity index (χ0) is 21.3. The Labute approximate surface area is 178 Å². The first-order chi connectivity index (χ1) is 14.5. The fourth-order valence-corrected chi connectivity index (χ4v) is 4.73. The molecule has 0 aliphatic heterocycles. The molecule has 4 rings (SSSR count). The van der Waals surface area contributed by atoms with Gasteiger partial charge in [-0.3, -0.25) is 4.79 Å². The zero-order valence-corrected chi connectivity index (χ0v) is 18.4. The molecule has 0 saturated carbocycles. The van der Waals surface area contributed by atoms with Crippen molar-refractivity contribution in [2.45, 2.75) is 65.2 Å². The summed E-state index contributed by atoms with van der Waals surface area (Å²) in [6, 6.07) is 12.8. The fraction of sp³-hybridized carbons (Fsp3) is 0.423. The highest BCUT2D eigenvalue weighted by Gasteiger charge is 2.45. The lowest BCUT2D eigenvalue weighted by Gasteiger charge is -2.31. The van der Waals surface area contributed by atoms with Crippen molar-refractivity contribution < 1.29 is 9.53 Å². The van der Waals surface area contributed by atoms with E-state index in [0.717, 1.165) is 47.2 Å². The van der Waals surface area contributed by atoms with Crippen molar-refractivity contribution in [1.29, 1.82) is 0 Å². The Balaban J connectivity index is 1.92. The Bertz CT molecular complexity index is 1110. The SMILES string of the molecule is CCCCC1(CCC(=O)OCC)c2ccccc2-c2nc3cc(C)c(C)cc3nc21. The molecule has 0 fully saturated rings. The maximum atomic E-state index is 12.3. The van der Waals surface area contributed by atoms with E-state index in [1.54, 1.807) is 0 Å². The predicted octanol–water partition coefficient (Wildman–Crippen LogP) is 6.05. The summed E-state index contributed by atoms with van der Waals surface area (Å²) in [4.78, 5) is 22.6. The first kappa shape index (κ1) is 20.5. The van der Waals surface area contributed by atoms with Crippen LogP contribution in [0.5, 0.6) is 0 Å². The van der Waals surface area contributed by atoms with Gasteiger partial charge in [0.25, 0.3) is 0 Å². The molecular formula is C26H30N2O2. The Morgan fingerprint density at radius 1 is 1.00 bits per heavy atom.